The highest BCUT2D eigenvalue weighted by atomic mass is 32.2. The van der Waals surface area contributed by atoms with E-state index in [9.17, 15) is 19.2 Å². The molecule has 3 saturated heterocycles. The predicted molar refractivity (Wildman–Crippen MR) is 274 cm³/mol. The number of H-pyrrole nitrogens is 2. The number of rotatable bonds is 13. The first kappa shape index (κ1) is 50.1. The molecule has 0 radical (unpaired) electrons. The number of methoxy groups -OCH3 is 2. The van der Waals surface area contributed by atoms with Crippen molar-refractivity contribution in [2.75, 3.05) is 43.7 Å². The SMILES string of the molecule is COC(=O)N[C@H](C(=O)N1CCC[C@H]1c1nc(-c2ccc(C3CSCC(c4ccc(-c5c[nH]c([C@@H]6CCCN6C(=O)[C@@H](NC(=O)OC)C(C)C)n5)cc4)N3c3ccc(C(C)(C)C)cc3)cc2)c[nH]1)C(C)C. The molecule has 0 spiro atoms. The van der Waals surface area contributed by atoms with Crippen LogP contribution in [0.1, 0.15) is 127 Å². The molecule has 0 bridgehead atoms. The highest BCUT2D eigenvalue weighted by Gasteiger charge is 2.40. The predicted octanol–water partition coefficient (Wildman–Crippen LogP) is 9.89. The molecule has 2 aromatic heterocycles. The molecule has 16 heteroatoms. The first-order chi connectivity index (χ1) is 33.6. The number of anilines is 1. The number of benzene rings is 3. The molecule has 5 heterocycles. The molecule has 2 unspecified atom stereocenters. The fourth-order valence-corrected chi connectivity index (χ4v) is 11.4. The van der Waals surface area contributed by atoms with Crippen molar-refractivity contribution in [3.8, 4) is 22.5 Å². The molecule has 70 heavy (non-hydrogen) atoms. The molecule has 0 aliphatic carbocycles. The van der Waals surface area contributed by atoms with Gasteiger partial charge in [0, 0.05) is 53.8 Å². The van der Waals surface area contributed by atoms with Crippen molar-refractivity contribution in [1.82, 2.24) is 40.4 Å². The van der Waals surface area contributed by atoms with Crippen LogP contribution in [-0.4, -0.2) is 105 Å². The van der Waals surface area contributed by atoms with Crippen molar-refractivity contribution >= 4 is 41.5 Å². The van der Waals surface area contributed by atoms with Crippen LogP contribution in [0.25, 0.3) is 22.5 Å². The largest absolute Gasteiger partial charge is 0.453 e. The maximum atomic E-state index is 13.8. The molecule has 6 atom stereocenters. The molecular formula is C54H69N9O6S. The second-order valence-electron chi connectivity index (χ2n) is 20.5. The van der Waals surface area contributed by atoms with Gasteiger partial charge in [0.15, 0.2) is 0 Å². The number of carbonyl (C=O) groups excluding carboxylic acids is 4. The monoisotopic (exact) mass is 972 g/mol. The molecule has 3 aromatic carbocycles. The molecule has 372 valence electrons. The van der Waals surface area contributed by atoms with Crippen LogP contribution in [0.4, 0.5) is 15.3 Å². The molecule has 4 amide bonds. The summed E-state index contributed by atoms with van der Waals surface area (Å²) < 4.78 is 9.63. The lowest BCUT2D eigenvalue weighted by Gasteiger charge is -2.44. The number of aromatic amines is 2. The molecular weight excluding hydrogens is 903 g/mol. The fourth-order valence-electron chi connectivity index (χ4n) is 10.1. The number of hydrogen-bond donors (Lipinski definition) is 4. The fraction of sp³-hybridized carbons (Fsp3) is 0.481. The number of aromatic nitrogens is 4. The van der Waals surface area contributed by atoms with Crippen LogP contribution in [0.5, 0.6) is 0 Å². The van der Waals surface area contributed by atoms with E-state index in [1.165, 1.54) is 36.6 Å². The molecule has 3 aliphatic heterocycles. The van der Waals surface area contributed by atoms with E-state index in [1.54, 1.807) is 0 Å². The van der Waals surface area contributed by atoms with Crippen molar-refractivity contribution in [3.63, 3.8) is 0 Å². The van der Waals surface area contributed by atoms with Gasteiger partial charge < -0.3 is 44.8 Å². The average molecular weight is 972 g/mol. The van der Waals surface area contributed by atoms with Gasteiger partial charge in [-0.15, -0.1) is 0 Å². The van der Waals surface area contributed by atoms with Crippen LogP contribution in [0.15, 0.2) is 85.2 Å². The van der Waals surface area contributed by atoms with Crippen LogP contribution in [0.2, 0.25) is 0 Å². The Morgan fingerprint density at radius 1 is 0.629 bits per heavy atom. The summed E-state index contributed by atoms with van der Waals surface area (Å²) in [6, 6.07) is 24.9. The summed E-state index contributed by atoms with van der Waals surface area (Å²) in [6.45, 7) is 15.6. The number of nitrogens with zero attached hydrogens (tertiary/aromatic N) is 5. The van der Waals surface area contributed by atoms with Crippen LogP contribution < -0.4 is 15.5 Å². The third kappa shape index (κ3) is 10.7. The number of carbonyl (C=O) groups is 4. The zero-order chi connectivity index (χ0) is 49.9. The van der Waals surface area contributed by atoms with Gasteiger partial charge in [-0.05, 0) is 71.8 Å². The summed E-state index contributed by atoms with van der Waals surface area (Å²) in [6.07, 6.45) is 5.84. The maximum Gasteiger partial charge on any atom is 0.407 e. The van der Waals surface area contributed by atoms with Crippen LogP contribution >= 0.6 is 11.8 Å². The Balaban J connectivity index is 1.02. The third-order valence-electron chi connectivity index (χ3n) is 14.1. The van der Waals surface area contributed by atoms with Crippen molar-refractivity contribution < 1.29 is 28.7 Å². The van der Waals surface area contributed by atoms with Gasteiger partial charge in [-0.25, -0.2) is 19.6 Å². The Morgan fingerprint density at radius 3 is 1.41 bits per heavy atom. The van der Waals surface area contributed by atoms with Crippen LogP contribution in [0.3, 0.4) is 0 Å². The maximum absolute atomic E-state index is 13.8. The summed E-state index contributed by atoms with van der Waals surface area (Å²) in [5, 5.41) is 5.46. The molecule has 8 rings (SSSR count). The molecule has 0 saturated carbocycles. The molecule has 3 fully saturated rings. The van der Waals surface area contributed by atoms with Crippen LogP contribution in [0, 0.1) is 11.8 Å². The molecule has 3 aliphatic rings. The van der Waals surface area contributed by atoms with Crippen molar-refractivity contribution in [2.24, 2.45) is 11.8 Å². The van der Waals surface area contributed by atoms with E-state index in [0.717, 1.165) is 71.4 Å². The standard InChI is InChI=1S/C54H69N9O6S/c1-32(2)46(59-52(66)68-8)50(64)61-26-10-12-42(61)48-55-28-40(57-48)34-14-18-36(19-15-34)44-30-70-31-45(63(44)39-24-22-38(23-25-39)54(5,6)7)37-20-16-35(17-21-37)41-29-56-49(58-41)43-13-11-27-62(43)51(65)47(33(3)4)60-53(67)69-9/h14-25,28-29,32-33,42-47H,10-13,26-27,30-31H2,1-9H3,(H,55,57)(H,56,58)(H,59,66)(H,60,67)/t42-,43-,44?,45?,46-,47-/m0/s1. The summed E-state index contributed by atoms with van der Waals surface area (Å²) in [7, 11) is 2.60. The van der Waals surface area contributed by atoms with E-state index < -0.39 is 24.3 Å². The van der Waals surface area contributed by atoms with E-state index in [2.05, 4.69) is 119 Å². The summed E-state index contributed by atoms with van der Waals surface area (Å²) in [5.74, 6) is 2.81. The Hall–Kier alpha value is -6.29. The summed E-state index contributed by atoms with van der Waals surface area (Å²) in [4.78, 5) is 74.8. The molecule has 5 aromatic rings. The Kier molecular flexibility index (Phi) is 15.3. The minimum absolute atomic E-state index is 0.0204. The summed E-state index contributed by atoms with van der Waals surface area (Å²) >= 11 is 1.96. The minimum Gasteiger partial charge on any atom is -0.453 e. The smallest absolute Gasteiger partial charge is 0.407 e. The van der Waals surface area contributed by atoms with Gasteiger partial charge >= 0.3 is 12.2 Å². The number of likely N-dealkylation sites (tertiary alicyclic amines) is 2. The van der Waals surface area contributed by atoms with E-state index in [4.69, 9.17) is 19.4 Å². The highest BCUT2D eigenvalue weighted by molar-refractivity contribution is 7.99. The zero-order valence-corrected chi connectivity index (χ0v) is 42.8. The number of nitrogens with one attached hydrogen (secondary N) is 4. The van der Waals surface area contributed by atoms with E-state index in [-0.39, 0.29) is 53.2 Å². The number of ether oxygens (including phenoxy) is 2. The van der Waals surface area contributed by atoms with Gasteiger partial charge in [0.1, 0.15) is 23.7 Å². The van der Waals surface area contributed by atoms with Gasteiger partial charge in [0.05, 0.1) is 49.8 Å². The van der Waals surface area contributed by atoms with E-state index >= 15 is 0 Å². The normalized spacial score (nSPS) is 20.4. The Labute approximate surface area is 416 Å². The van der Waals surface area contributed by atoms with Crippen molar-refractivity contribution in [2.45, 2.75) is 116 Å². The van der Waals surface area contributed by atoms with Gasteiger partial charge in [0.25, 0.3) is 0 Å². The number of amides is 4. The van der Waals surface area contributed by atoms with E-state index in [1.807, 2.05) is 61.7 Å². The first-order valence-corrected chi connectivity index (χ1v) is 25.8. The minimum atomic E-state index is -0.697. The Bertz CT molecular complexity index is 2450. The molecule has 15 nitrogen and oxygen atoms in total. The topological polar surface area (TPSA) is 178 Å². The van der Waals surface area contributed by atoms with Gasteiger partial charge in [-0.1, -0.05) is 109 Å². The second-order valence-corrected chi connectivity index (χ2v) is 21.5. The zero-order valence-electron chi connectivity index (χ0n) is 42.0. The summed E-state index contributed by atoms with van der Waals surface area (Å²) in [5.41, 5.74) is 8.48. The number of hydrogen-bond acceptors (Lipinski definition) is 10. The number of alkyl carbamates (subject to hydrolysis) is 2. The van der Waals surface area contributed by atoms with Crippen molar-refractivity contribution in [3.05, 3.63) is 114 Å². The van der Waals surface area contributed by atoms with Crippen LogP contribution in [-0.2, 0) is 24.5 Å². The lowest BCUT2D eigenvalue weighted by molar-refractivity contribution is -0.136. The van der Waals surface area contributed by atoms with Crippen molar-refractivity contribution in [1.29, 1.82) is 0 Å². The van der Waals surface area contributed by atoms with Gasteiger partial charge in [-0.3, -0.25) is 9.59 Å². The highest BCUT2D eigenvalue weighted by Crippen LogP contribution is 2.45. The van der Waals surface area contributed by atoms with Gasteiger partial charge in [-0.2, -0.15) is 11.8 Å². The first-order valence-electron chi connectivity index (χ1n) is 24.6. The van der Waals surface area contributed by atoms with Gasteiger partial charge in [0.2, 0.25) is 11.8 Å². The lowest BCUT2D eigenvalue weighted by Crippen LogP contribution is -2.51. The number of thioether (sulfide) groups is 1. The van der Waals surface area contributed by atoms with E-state index in [0.29, 0.717) is 13.1 Å². The number of imidazole rings is 2. The lowest BCUT2D eigenvalue weighted by atomic mass is 9.87. The molecule has 4 N–H and O–H groups in total. The average Bonchev–Trinajstić information content (AvgIpc) is 4.22. The Morgan fingerprint density at radius 2 is 1.04 bits per heavy atom. The second kappa shape index (κ2) is 21.4. The quantitative estimate of drug-likeness (QED) is 0.0888. The third-order valence-corrected chi connectivity index (χ3v) is 15.2.